The molecule has 0 spiro atoms. The Bertz CT molecular complexity index is 254. The van der Waals surface area contributed by atoms with Crippen LogP contribution < -0.4 is 0 Å². The maximum Gasteiger partial charge on any atom is 0.303 e. The molecule has 0 aromatic carbocycles. The first-order valence-electron chi connectivity index (χ1n) is 9.06. The molecule has 0 aromatic rings. The van der Waals surface area contributed by atoms with E-state index >= 15 is 0 Å². The molecule has 5 heteroatoms. The van der Waals surface area contributed by atoms with Crippen LogP contribution in [0.25, 0.3) is 0 Å². The van der Waals surface area contributed by atoms with Gasteiger partial charge in [0.25, 0.3) is 0 Å². The molecular formula is C18H34KO4. The van der Waals surface area contributed by atoms with Crippen LogP contribution in [-0.4, -0.2) is 73.5 Å². The minimum Gasteiger partial charge on any atom is -0.481 e. The Labute approximate surface area is 184 Å². The summed E-state index contributed by atoms with van der Waals surface area (Å²) < 4.78 is 0. The van der Waals surface area contributed by atoms with Crippen LogP contribution in [-0.2, 0) is 9.59 Å². The maximum absolute atomic E-state index is 10.3. The van der Waals surface area contributed by atoms with Crippen molar-refractivity contribution in [3.05, 3.63) is 0 Å². The Morgan fingerprint density at radius 3 is 0.783 bits per heavy atom. The van der Waals surface area contributed by atoms with Crippen molar-refractivity contribution in [1.29, 1.82) is 0 Å². The Hall–Kier alpha value is 0.576. The van der Waals surface area contributed by atoms with E-state index in [-0.39, 0.29) is 51.4 Å². The normalized spacial score (nSPS) is 10.3. The second-order valence-electron chi connectivity index (χ2n) is 6.24. The number of carbonyl (C=O) groups is 2. The van der Waals surface area contributed by atoms with E-state index in [1.54, 1.807) is 0 Å². The summed E-state index contributed by atoms with van der Waals surface area (Å²) >= 11 is 0. The minimum absolute atomic E-state index is 0. The van der Waals surface area contributed by atoms with Crippen LogP contribution in [0.1, 0.15) is 103 Å². The van der Waals surface area contributed by atoms with Crippen molar-refractivity contribution in [3.8, 4) is 0 Å². The molecule has 23 heavy (non-hydrogen) atoms. The number of rotatable bonds is 17. The summed E-state index contributed by atoms with van der Waals surface area (Å²) in [6.45, 7) is 0. The first-order valence-corrected chi connectivity index (χ1v) is 9.06. The first kappa shape index (κ1) is 25.8. The molecule has 0 amide bonds. The summed E-state index contributed by atoms with van der Waals surface area (Å²) in [6, 6.07) is 0. The zero-order valence-corrected chi connectivity index (χ0v) is 18.1. The molecule has 0 aliphatic heterocycles. The molecular weight excluding hydrogens is 319 g/mol. The quantitative estimate of drug-likeness (QED) is 0.284. The van der Waals surface area contributed by atoms with Gasteiger partial charge in [0.1, 0.15) is 0 Å². The van der Waals surface area contributed by atoms with Gasteiger partial charge in [-0.05, 0) is 12.8 Å². The topological polar surface area (TPSA) is 74.6 Å². The van der Waals surface area contributed by atoms with Gasteiger partial charge in [-0.3, -0.25) is 9.59 Å². The molecule has 0 aliphatic rings. The van der Waals surface area contributed by atoms with Crippen molar-refractivity contribution < 1.29 is 19.8 Å². The van der Waals surface area contributed by atoms with E-state index < -0.39 is 11.9 Å². The molecule has 1 radical (unpaired) electrons. The van der Waals surface area contributed by atoms with Gasteiger partial charge in [0, 0.05) is 64.2 Å². The molecule has 0 aromatic heterocycles. The van der Waals surface area contributed by atoms with E-state index in [0.717, 1.165) is 25.7 Å². The van der Waals surface area contributed by atoms with Gasteiger partial charge in [0.2, 0.25) is 0 Å². The minimum atomic E-state index is -0.679. The third-order valence-corrected chi connectivity index (χ3v) is 4.03. The van der Waals surface area contributed by atoms with Crippen molar-refractivity contribution in [1.82, 2.24) is 0 Å². The third kappa shape index (κ3) is 24.9. The summed E-state index contributed by atoms with van der Waals surface area (Å²) in [6.07, 6.45) is 17.0. The molecule has 2 N–H and O–H groups in total. The summed E-state index contributed by atoms with van der Waals surface area (Å²) in [5.74, 6) is -1.36. The number of carboxylic acid groups (broad SMARTS) is 2. The summed E-state index contributed by atoms with van der Waals surface area (Å²) in [5.41, 5.74) is 0. The van der Waals surface area contributed by atoms with Gasteiger partial charge in [-0.2, -0.15) is 0 Å². The van der Waals surface area contributed by atoms with Crippen LogP contribution >= 0.6 is 0 Å². The van der Waals surface area contributed by atoms with E-state index in [1.165, 1.54) is 64.2 Å². The first-order chi connectivity index (χ1) is 10.6. The van der Waals surface area contributed by atoms with Crippen LogP contribution in [0, 0.1) is 0 Å². The number of unbranched alkanes of at least 4 members (excludes halogenated alkanes) is 13. The Balaban J connectivity index is 0. The van der Waals surface area contributed by atoms with Gasteiger partial charge in [0.05, 0.1) is 0 Å². The van der Waals surface area contributed by atoms with E-state index in [9.17, 15) is 9.59 Å². The van der Waals surface area contributed by atoms with Crippen molar-refractivity contribution in [3.63, 3.8) is 0 Å². The van der Waals surface area contributed by atoms with Crippen LogP contribution in [0.4, 0.5) is 0 Å². The fourth-order valence-corrected chi connectivity index (χ4v) is 2.67. The summed E-state index contributed by atoms with van der Waals surface area (Å²) in [5, 5.41) is 17.0. The Morgan fingerprint density at radius 1 is 0.435 bits per heavy atom. The SMILES string of the molecule is O=C(O)CCCCCCCCCCCCCCCCC(=O)O.[K]. The summed E-state index contributed by atoms with van der Waals surface area (Å²) in [7, 11) is 0. The van der Waals surface area contributed by atoms with Gasteiger partial charge < -0.3 is 10.2 Å². The van der Waals surface area contributed by atoms with Gasteiger partial charge >= 0.3 is 11.9 Å². The maximum atomic E-state index is 10.3. The van der Waals surface area contributed by atoms with E-state index in [2.05, 4.69) is 0 Å². The molecule has 0 saturated heterocycles. The van der Waals surface area contributed by atoms with Crippen molar-refractivity contribution in [2.24, 2.45) is 0 Å². The van der Waals surface area contributed by atoms with Crippen LogP contribution in [0.2, 0.25) is 0 Å². The molecule has 0 fully saturated rings. The molecule has 4 nitrogen and oxygen atoms in total. The smallest absolute Gasteiger partial charge is 0.303 e. The standard InChI is InChI=1S/C18H34O4.K/c19-17(20)15-13-11-9-7-5-3-1-2-4-6-8-10-12-14-16-18(21)22;/h1-16H2,(H,19,20)(H,21,22);. The second kappa shape index (κ2) is 20.6. The Morgan fingerprint density at radius 2 is 0.609 bits per heavy atom. The van der Waals surface area contributed by atoms with E-state index in [4.69, 9.17) is 10.2 Å². The Kier molecular flexibility index (Phi) is 23.1. The summed E-state index contributed by atoms with van der Waals surface area (Å²) in [4.78, 5) is 20.7. The fraction of sp³-hybridized carbons (Fsp3) is 0.889. The van der Waals surface area contributed by atoms with E-state index in [1.807, 2.05) is 0 Å². The molecule has 131 valence electrons. The largest absolute Gasteiger partial charge is 0.481 e. The number of hydrogen-bond donors (Lipinski definition) is 2. The number of hydrogen-bond acceptors (Lipinski definition) is 2. The van der Waals surface area contributed by atoms with Gasteiger partial charge in [-0.1, -0.05) is 77.0 Å². The van der Waals surface area contributed by atoms with Gasteiger partial charge in [-0.15, -0.1) is 0 Å². The predicted octanol–water partition coefficient (Wildman–Crippen LogP) is 5.02. The third-order valence-electron chi connectivity index (χ3n) is 4.03. The molecule has 0 bridgehead atoms. The van der Waals surface area contributed by atoms with E-state index in [0.29, 0.717) is 12.8 Å². The number of carboxylic acids is 2. The van der Waals surface area contributed by atoms with Gasteiger partial charge in [0.15, 0.2) is 0 Å². The van der Waals surface area contributed by atoms with Gasteiger partial charge in [-0.25, -0.2) is 0 Å². The molecule has 0 rings (SSSR count). The molecule has 0 atom stereocenters. The number of aliphatic carboxylic acids is 2. The zero-order valence-electron chi connectivity index (χ0n) is 15.0. The predicted molar refractivity (Wildman–Crippen MR) is 94.9 cm³/mol. The van der Waals surface area contributed by atoms with Crippen LogP contribution in [0.15, 0.2) is 0 Å². The molecule has 0 unspecified atom stereocenters. The zero-order chi connectivity index (χ0) is 16.5. The average molecular weight is 354 g/mol. The average Bonchev–Trinajstić information content (AvgIpc) is 2.46. The monoisotopic (exact) mass is 353 g/mol. The van der Waals surface area contributed by atoms with Crippen LogP contribution in [0.3, 0.4) is 0 Å². The van der Waals surface area contributed by atoms with Crippen molar-refractivity contribution >= 4 is 63.3 Å². The van der Waals surface area contributed by atoms with Crippen LogP contribution in [0.5, 0.6) is 0 Å². The van der Waals surface area contributed by atoms with Crippen molar-refractivity contribution in [2.45, 2.75) is 103 Å². The van der Waals surface area contributed by atoms with Crippen molar-refractivity contribution in [2.75, 3.05) is 0 Å². The molecule has 0 saturated carbocycles. The molecule has 0 heterocycles. The fourth-order valence-electron chi connectivity index (χ4n) is 2.67. The second-order valence-corrected chi connectivity index (χ2v) is 6.24. The molecule has 0 aliphatic carbocycles.